The van der Waals surface area contributed by atoms with Crippen molar-refractivity contribution >= 4 is 0 Å². The van der Waals surface area contributed by atoms with Gasteiger partial charge in [0.2, 0.25) is 0 Å². The largest absolute Gasteiger partial charge is 0.317 e. The molecule has 56 valence electrons. The molecule has 0 unspecified atom stereocenters. The Bertz CT molecular complexity index is 140. The Morgan fingerprint density at radius 1 is 1.50 bits per heavy atom. The van der Waals surface area contributed by atoms with E-state index in [4.69, 9.17) is 5.26 Å². The van der Waals surface area contributed by atoms with E-state index < -0.39 is 0 Å². The van der Waals surface area contributed by atoms with E-state index in [9.17, 15) is 0 Å². The third-order valence-electron chi connectivity index (χ3n) is 2.47. The number of nitrogens with zero attached hydrogens (tertiary/aromatic N) is 1. The van der Waals surface area contributed by atoms with Gasteiger partial charge < -0.3 is 5.32 Å². The fraction of sp³-hybridized carbons (Fsp3) is 0.875. The van der Waals surface area contributed by atoms with E-state index in [1.165, 1.54) is 0 Å². The summed E-state index contributed by atoms with van der Waals surface area (Å²) in [5.41, 5.74) is 0.00521. The second-order valence-corrected chi connectivity index (χ2v) is 3.00. The second-order valence-electron chi connectivity index (χ2n) is 3.00. The van der Waals surface area contributed by atoms with Gasteiger partial charge in [-0.2, -0.15) is 5.26 Å². The van der Waals surface area contributed by atoms with Crippen molar-refractivity contribution in [3.8, 4) is 6.07 Å². The first-order valence-electron chi connectivity index (χ1n) is 3.95. The first-order valence-corrected chi connectivity index (χ1v) is 3.95. The predicted molar refractivity (Wildman–Crippen MR) is 40.4 cm³/mol. The summed E-state index contributed by atoms with van der Waals surface area (Å²) < 4.78 is 0. The first-order chi connectivity index (χ1) is 4.83. The van der Waals surface area contributed by atoms with Gasteiger partial charge in [-0.05, 0) is 32.4 Å². The lowest BCUT2D eigenvalue weighted by atomic mass is 9.78. The molecule has 0 atom stereocenters. The summed E-state index contributed by atoms with van der Waals surface area (Å²) in [5.74, 6) is 0. The summed E-state index contributed by atoms with van der Waals surface area (Å²) in [6.45, 7) is 4.14. The second kappa shape index (κ2) is 3.03. The third kappa shape index (κ3) is 1.30. The fourth-order valence-electron chi connectivity index (χ4n) is 1.45. The molecule has 1 rings (SSSR count). The van der Waals surface area contributed by atoms with Crippen LogP contribution in [0.3, 0.4) is 0 Å². The molecule has 2 heteroatoms. The first kappa shape index (κ1) is 7.56. The maximum absolute atomic E-state index is 8.86. The molecule has 1 aliphatic rings. The number of rotatable bonds is 1. The number of hydrogen-bond donors (Lipinski definition) is 1. The van der Waals surface area contributed by atoms with Crippen LogP contribution < -0.4 is 5.32 Å². The van der Waals surface area contributed by atoms with Gasteiger partial charge in [-0.3, -0.25) is 0 Å². The van der Waals surface area contributed by atoms with Gasteiger partial charge in [-0.25, -0.2) is 0 Å². The molecule has 0 aromatic rings. The normalized spacial score (nSPS) is 23.6. The summed E-state index contributed by atoms with van der Waals surface area (Å²) in [5, 5.41) is 12.1. The molecule has 0 bridgehead atoms. The van der Waals surface area contributed by atoms with Crippen LogP contribution in [0.1, 0.15) is 26.2 Å². The number of nitrogens with one attached hydrogen (secondary N) is 1. The van der Waals surface area contributed by atoms with Crippen LogP contribution in [0.5, 0.6) is 0 Å². The molecular formula is C8H14N2. The molecule has 1 saturated heterocycles. The molecule has 2 nitrogen and oxygen atoms in total. The van der Waals surface area contributed by atoms with Gasteiger partial charge in [-0.15, -0.1) is 0 Å². The van der Waals surface area contributed by atoms with Crippen molar-refractivity contribution in [2.45, 2.75) is 26.2 Å². The molecule has 1 N–H and O–H groups in total. The van der Waals surface area contributed by atoms with E-state index in [1.807, 2.05) is 0 Å². The molecule has 0 aliphatic carbocycles. The van der Waals surface area contributed by atoms with Crippen LogP contribution in [0.2, 0.25) is 0 Å². The summed E-state index contributed by atoms with van der Waals surface area (Å²) in [4.78, 5) is 0. The van der Waals surface area contributed by atoms with E-state index in [0.717, 1.165) is 32.4 Å². The predicted octanol–water partition coefficient (Wildman–Crippen LogP) is 1.29. The van der Waals surface area contributed by atoms with Crippen molar-refractivity contribution in [1.29, 1.82) is 5.26 Å². The quantitative estimate of drug-likeness (QED) is 0.592. The summed E-state index contributed by atoms with van der Waals surface area (Å²) in [7, 11) is 0. The Balaban J connectivity index is 2.55. The lowest BCUT2D eigenvalue weighted by molar-refractivity contribution is 0.273. The lowest BCUT2D eigenvalue weighted by Gasteiger charge is -2.29. The van der Waals surface area contributed by atoms with Crippen LogP contribution in [0.4, 0.5) is 0 Å². The van der Waals surface area contributed by atoms with Gasteiger partial charge in [0, 0.05) is 0 Å². The summed E-state index contributed by atoms with van der Waals surface area (Å²) in [6.07, 6.45) is 3.06. The van der Waals surface area contributed by atoms with Gasteiger partial charge in [0.1, 0.15) is 0 Å². The van der Waals surface area contributed by atoms with Gasteiger partial charge in [0.05, 0.1) is 11.5 Å². The van der Waals surface area contributed by atoms with E-state index in [1.54, 1.807) is 0 Å². The maximum atomic E-state index is 8.86. The Kier molecular flexibility index (Phi) is 2.29. The van der Waals surface area contributed by atoms with Crippen LogP contribution in [0.15, 0.2) is 0 Å². The maximum Gasteiger partial charge on any atom is 0.0690 e. The minimum Gasteiger partial charge on any atom is -0.317 e. The molecular weight excluding hydrogens is 124 g/mol. The Morgan fingerprint density at radius 3 is 2.40 bits per heavy atom. The minimum absolute atomic E-state index is 0.00521. The zero-order valence-corrected chi connectivity index (χ0v) is 6.48. The highest BCUT2D eigenvalue weighted by atomic mass is 14.9. The standard InChI is InChI=1S/C8H14N2/c1-2-8(7-9)3-5-10-6-4-8/h10H,2-6H2,1H3. The molecule has 0 aromatic heterocycles. The highest BCUT2D eigenvalue weighted by molar-refractivity contribution is 5.00. The number of nitriles is 1. The van der Waals surface area contributed by atoms with Crippen LogP contribution in [0.25, 0.3) is 0 Å². The van der Waals surface area contributed by atoms with E-state index in [0.29, 0.717) is 0 Å². The lowest BCUT2D eigenvalue weighted by Crippen LogP contribution is -2.35. The molecule has 1 aliphatic heterocycles. The van der Waals surface area contributed by atoms with E-state index >= 15 is 0 Å². The minimum atomic E-state index is 0.00521. The van der Waals surface area contributed by atoms with Crippen LogP contribution >= 0.6 is 0 Å². The van der Waals surface area contributed by atoms with Crippen molar-refractivity contribution < 1.29 is 0 Å². The Morgan fingerprint density at radius 2 is 2.10 bits per heavy atom. The highest BCUT2D eigenvalue weighted by Gasteiger charge is 2.29. The van der Waals surface area contributed by atoms with Crippen molar-refractivity contribution in [2.24, 2.45) is 5.41 Å². The van der Waals surface area contributed by atoms with Crippen molar-refractivity contribution in [1.82, 2.24) is 5.32 Å². The third-order valence-corrected chi connectivity index (χ3v) is 2.47. The molecule has 0 spiro atoms. The van der Waals surface area contributed by atoms with Gasteiger partial charge in [0.15, 0.2) is 0 Å². The molecule has 0 radical (unpaired) electrons. The number of piperidine rings is 1. The summed E-state index contributed by atoms with van der Waals surface area (Å²) in [6, 6.07) is 2.43. The monoisotopic (exact) mass is 138 g/mol. The van der Waals surface area contributed by atoms with Crippen LogP contribution in [-0.2, 0) is 0 Å². The molecule has 0 amide bonds. The van der Waals surface area contributed by atoms with Gasteiger partial charge in [-0.1, -0.05) is 6.92 Å². The van der Waals surface area contributed by atoms with Crippen LogP contribution in [0, 0.1) is 16.7 Å². The highest BCUT2D eigenvalue weighted by Crippen LogP contribution is 2.30. The van der Waals surface area contributed by atoms with Gasteiger partial charge >= 0.3 is 0 Å². The Labute approximate surface area is 62.2 Å². The van der Waals surface area contributed by atoms with E-state index in [-0.39, 0.29) is 5.41 Å². The average Bonchev–Trinajstić information content (AvgIpc) is 2.06. The zero-order chi connectivity index (χ0) is 7.45. The molecule has 1 heterocycles. The van der Waals surface area contributed by atoms with Gasteiger partial charge in [0.25, 0.3) is 0 Å². The van der Waals surface area contributed by atoms with Crippen LogP contribution in [-0.4, -0.2) is 13.1 Å². The zero-order valence-electron chi connectivity index (χ0n) is 6.48. The van der Waals surface area contributed by atoms with E-state index in [2.05, 4.69) is 18.3 Å². The van der Waals surface area contributed by atoms with Crippen molar-refractivity contribution in [3.05, 3.63) is 0 Å². The molecule has 0 saturated carbocycles. The topological polar surface area (TPSA) is 35.8 Å². The molecule has 1 fully saturated rings. The SMILES string of the molecule is CCC1(C#N)CCNCC1. The Hall–Kier alpha value is -0.550. The smallest absolute Gasteiger partial charge is 0.0690 e. The van der Waals surface area contributed by atoms with Crippen molar-refractivity contribution in [2.75, 3.05) is 13.1 Å². The summed E-state index contributed by atoms with van der Waals surface area (Å²) >= 11 is 0. The van der Waals surface area contributed by atoms with Crippen molar-refractivity contribution in [3.63, 3.8) is 0 Å². The average molecular weight is 138 g/mol. The fourth-order valence-corrected chi connectivity index (χ4v) is 1.45. The molecule has 10 heavy (non-hydrogen) atoms. The molecule has 0 aromatic carbocycles. The number of hydrogen-bond acceptors (Lipinski definition) is 2.